The van der Waals surface area contributed by atoms with Gasteiger partial charge in [-0.2, -0.15) is 0 Å². The molecule has 1 fully saturated rings. The quantitative estimate of drug-likeness (QED) is 0.0450. The average molecular weight is 972 g/mol. The van der Waals surface area contributed by atoms with Gasteiger partial charge in [-0.1, -0.05) is 197 Å². The Kier molecular flexibility index (Phi) is 24.8. The van der Waals surface area contributed by atoms with E-state index in [2.05, 4.69) is 28.2 Å². The molecule has 0 bridgehead atoms. The van der Waals surface area contributed by atoms with Gasteiger partial charge in [0.1, 0.15) is 30.0 Å². The van der Waals surface area contributed by atoms with Gasteiger partial charge in [0.15, 0.2) is 9.84 Å². The Balaban J connectivity index is 1.38. The number of carbonyl (C=O) groups is 4. The van der Waals surface area contributed by atoms with Crippen molar-refractivity contribution in [2.75, 3.05) is 31.6 Å². The van der Waals surface area contributed by atoms with E-state index in [4.69, 9.17) is 4.74 Å². The number of para-hydroxylation sites is 1. The van der Waals surface area contributed by atoms with Crippen LogP contribution in [0.3, 0.4) is 0 Å². The van der Waals surface area contributed by atoms with E-state index in [9.17, 15) is 27.6 Å². The van der Waals surface area contributed by atoms with Crippen LogP contribution in [0.1, 0.15) is 149 Å². The van der Waals surface area contributed by atoms with Crippen molar-refractivity contribution in [1.82, 2.24) is 26.2 Å². The molecule has 1 aliphatic heterocycles. The highest BCUT2D eigenvalue weighted by atomic mass is 32.2. The summed E-state index contributed by atoms with van der Waals surface area (Å²) < 4.78 is 32.6. The van der Waals surface area contributed by atoms with Gasteiger partial charge in [-0.25, -0.2) is 8.42 Å². The number of sulfone groups is 1. The molecule has 0 aliphatic carbocycles. The number of likely N-dealkylation sites (tertiary alicyclic amines) is 1. The number of nitrogens with zero attached hydrogens (tertiary/aromatic N) is 1. The molecule has 3 aromatic carbocycles. The number of hydrogen-bond donors (Lipinski definition) is 4. The van der Waals surface area contributed by atoms with Crippen LogP contribution in [0.5, 0.6) is 5.75 Å². The van der Waals surface area contributed by atoms with Crippen LogP contribution in [0.25, 0.3) is 11.1 Å². The van der Waals surface area contributed by atoms with Gasteiger partial charge in [0, 0.05) is 19.4 Å². The summed E-state index contributed by atoms with van der Waals surface area (Å²) in [5, 5.41) is 11.6. The molecule has 5 atom stereocenters. The first kappa shape index (κ1) is 56.8. The van der Waals surface area contributed by atoms with E-state index < -0.39 is 63.2 Å². The van der Waals surface area contributed by atoms with Gasteiger partial charge in [0.2, 0.25) is 23.6 Å². The summed E-state index contributed by atoms with van der Waals surface area (Å²) in [6.45, 7) is 9.50. The molecule has 4 rings (SSSR count). The number of amides is 4. The molecule has 1 saturated heterocycles. The van der Waals surface area contributed by atoms with E-state index in [-0.39, 0.29) is 43.3 Å². The molecule has 69 heavy (non-hydrogen) atoms. The van der Waals surface area contributed by atoms with Gasteiger partial charge in [-0.15, -0.1) is 0 Å². The Morgan fingerprint density at radius 3 is 1.74 bits per heavy atom. The lowest BCUT2D eigenvalue weighted by Crippen LogP contribution is -2.60. The summed E-state index contributed by atoms with van der Waals surface area (Å²) >= 11 is 0. The van der Waals surface area contributed by atoms with Crippen molar-refractivity contribution in [1.29, 1.82) is 0 Å². The topological polar surface area (TPSA) is 163 Å². The zero-order valence-electron chi connectivity index (χ0n) is 42.7. The van der Waals surface area contributed by atoms with E-state index in [1.54, 1.807) is 14.0 Å². The molecule has 12 nitrogen and oxygen atoms in total. The Morgan fingerprint density at radius 1 is 0.681 bits per heavy atom. The first-order valence-corrected chi connectivity index (χ1v) is 27.9. The van der Waals surface area contributed by atoms with Crippen molar-refractivity contribution in [3.63, 3.8) is 0 Å². The maximum absolute atomic E-state index is 14.6. The lowest BCUT2D eigenvalue weighted by Gasteiger charge is -2.36. The standard InChI is InChI=1S/C56H85N5O7S/c1-7-8-9-10-11-12-13-14-15-16-17-18-19-20-21-28-38-69(66,67)39-37-58-53(63)49(40-44-33-35-46(36-34-44)45-29-24-22-25-30-45)59-54(64)50-41-48(68-47-31-26-23-27-32-47)42-61(50)55(65)51(56(3,4)5)60-52(62)43(2)57-6/h22-27,29-36,43,48-51,57H,7-21,28,37-42H2,1-6H3,(H,58,63)(H,59,64)(H,60,62)/t43-,48-,49-,50-,51+/m0/s1. The van der Waals surface area contributed by atoms with Crippen molar-refractivity contribution in [3.8, 4) is 16.9 Å². The molecule has 13 heteroatoms. The van der Waals surface area contributed by atoms with Crippen molar-refractivity contribution in [3.05, 3.63) is 90.5 Å². The SMILES string of the molecule is CCCCCCCCCCCCCCCCCCS(=O)(=O)CCNC(=O)[C@H](Cc1ccc(-c2ccccc2)cc1)NC(=O)[C@@H]1C[C@H](Oc2ccccc2)CN1C(=O)[C@@H](NC(=O)[C@H](C)NC)C(C)(C)C. The highest BCUT2D eigenvalue weighted by Crippen LogP contribution is 2.29. The molecular formula is C56H85N5O7S. The summed E-state index contributed by atoms with van der Waals surface area (Å²) in [6, 6.07) is 23.2. The third kappa shape index (κ3) is 20.6. The van der Waals surface area contributed by atoms with Crippen molar-refractivity contribution >= 4 is 33.5 Å². The predicted octanol–water partition coefficient (Wildman–Crippen LogP) is 9.36. The third-order valence-corrected chi connectivity index (χ3v) is 15.0. The van der Waals surface area contributed by atoms with Crippen LogP contribution >= 0.6 is 0 Å². The second-order valence-electron chi connectivity index (χ2n) is 20.2. The van der Waals surface area contributed by atoms with Gasteiger partial charge in [-0.3, -0.25) is 19.2 Å². The fourth-order valence-corrected chi connectivity index (χ4v) is 10.1. The van der Waals surface area contributed by atoms with Gasteiger partial charge in [-0.05, 0) is 54.6 Å². The molecule has 1 aliphatic rings. The normalized spacial score (nSPS) is 16.3. The first-order valence-electron chi connectivity index (χ1n) is 26.0. The van der Waals surface area contributed by atoms with Gasteiger partial charge in [0.25, 0.3) is 0 Å². The van der Waals surface area contributed by atoms with Crippen molar-refractivity contribution in [2.45, 2.75) is 180 Å². The van der Waals surface area contributed by atoms with Crippen LogP contribution in [0.4, 0.5) is 0 Å². The third-order valence-electron chi connectivity index (χ3n) is 13.3. The van der Waals surface area contributed by atoms with Crippen LogP contribution in [-0.2, 0) is 35.4 Å². The molecule has 3 aromatic rings. The molecule has 382 valence electrons. The van der Waals surface area contributed by atoms with Gasteiger partial charge >= 0.3 is 0 Å². The zero-order valence-corrected chi connectivity index (χ0v) is 43.6. The second kappa shape index (κ2) is 30.1. The molecule has 4 amide bonds. The van der Waals surface area contributed by atoms with E-state index in [0.29, 0.717) is 12.2 Å². The van der Waals surface area contributed by atoms with Gasteiger partial charge in [0.05, 0.1) is 24.1 Å². The summed E-state index contributed by atoms with van der Waals surface area (Å²) in [6.07, 6.45) is 19.1. The van der Waals surface area contributed by atoms with E-state index in [1.165, 1.54) is 81.9 Å². The summed E-state index contributed by atoms with van der Waals surface area (Å²) in [4.78, 5) is 57.9. The van der Waals surface area contributed by atoms with Crippen LogP contribution in [-0.4, -0.2) is 98.9 Å². The highest BCUT2D eigenvalue weighted by molar-refractivity contribution is 7.91. The molecule has 4 N–H and O–H groups in total. The van der Waals surface area contributed by atoms with Crippen LogP contribution in [0.15, 0.2) is 84.9 Å². The molecule has 1 heterocycles. The molecule has 0 aromatic heterocycles. The fourth-order valence-electron chi connectivity index (χ4n) is 8.88. The zero-order chi connectivity index (χ0) is 50.1. The average Bonchev–Trinajstić information content (AvgIpc) is 3.76. The maximum Gasteiger partial charge on any atom is 0.246 e. The Labute approximate surface area is 415 Å². The lowest BCUT2D eigenvalue weighted by atomic mass is 9.85. The predicted molar refractivity (Wildman–Crippen MR) is 280 cm³/mol. The minimum absolute atomic E-state index is 0.0664. The van der Waals surface area contributed by atoms with E-state index in [1.807, 2.05) is 106 Å². The number of likely N-dealkylation sites (N-methyl/N-ethyl adjacent to an activating group) is 1. The summed E-state index contributed by atoms with van der Waals surface area (Å²) in [5.74, 6) is -1.43. The van der Waals surface area contributed by atoms with Crippen LogP contribution in [0.2, 0.25) is 0 Å². The number of rotatable bonds is 32. The lowest BCUT2D eigenvalue weighted by molar-refractivity contribution is -0.144. The first-order chi connectivity index (χ1) is 33.1. The van der Waals surface area contributed by atoms with E-state index >= 15 is 0 Å². The molecular weight excluding hydrogens is 887 g/mol. The molecule has 0 spiro atoms. The number of carbonyl (C=O) groups excluding carboxylic acids is 4. The minimum Gasteiger partial charge on any atom is -0.488 e. The van der Waals surface area contributed by atoms with Crippen molar-refractivity contribution < 1.29 is 32.3 Å². The molecule has 0 saturated carbocycles. The Hall–Kier alpha value is -4.75. The van der Waals surface area contributed by atoms with Crippen molar-refractivity contribution in [2.24, 2.45) is 5.41 Å². The smallest absolute Gasteiger partial charge is 0.246 e. The number of nitrogens with one attached hydrogen (secondary N) is 4. The van der Waals surface area contributed by atoms with Crippen LogP contribution in [0, 0.1) is 5.41 Å². The summed E-state index contributed by atoms with van der Waals surface area (Å²) in [5.41, 5.74) is 2.09. The number of ether oxygens (including phenoxy) is 1. The fraction of sp³-hybridized carbons (Fsp3) is 0.607. The number of hydrogen-bond acceptors (Lipinski definition) is 8. The largest absolute Gasteiger partial charge is 0.488 e. The maximum atomic E-state index is 14.6. The van der Waals surface area contributed by atoms with E-state index in [0.717, 1.165) is 36.0 Å². The number of benzene rings is 3. The Bertz CT molecular complexity index is 2080. The minimum atomic E-state index is -3.43. The monoisotopic (exact) mass is 972 g/mol. The second-order valence-corrected chi connectivity index (χ2v) is 22.5. The molecule has 0 unspecified atom stereocenters. The van der Waals surface area contributed by atoms with Crippen LogP contribution < -0.4 is 26.0 Å². The number of unbranched alkanes of at least 4 members (excludes halogenated alkanes) is 15. The highest BCUT2D eigenvalue weighted by Gasteiger charge is 2.46. The summed E-state index contributed by atoms with van der Waals surface area (Å²) in [7, 11) is -1.76. The molecule has 0 radical (unpaired) electrons. The Morgan fingerprint density at radius 2 is 1.20 bits per heavy atom. The van der Waals surface area contributed by atoms with Gasteiger partial charge < -0.3 is 30.9 Å².